The maximum Gasteiger partial charge on any atom is 0.0541 e. The van der Waals surface area contributed by atoms with E-state index in [0.29, 0.717) is 0 Å². The molecule has 0 atom stereocenters. The summed E-state index contributed by atoms with van der Waals surface area (Å²) in [4.78, 5) is 0. The molecule has 430 valence electrons. The average Bonchev–Trinajstić information content (AvgIpc) is 1.69. The molecule has 19 aromatic rings. The third kappa shape index (κ3) is 8.83. The Kier molecular flexibility index (Phi) is 12.5. The van der Waals surface area contributed by atoms with Crippen LogP contribution in [-0.2, 0) is 0 Å². The van der Waals surface area contributed by atoms with Crippen molar-refractivity contribution in [3.05, 3.63) is 352 Å². The van der Waals surface area contributed by atoms with Crippen molar-refractivity contribution in [3.8, 4) is 67.3 Å². The summed E-state index contributed by atoms with van der Waals surface area (Å²) in [5.74, 6) is 0. The van der Waals surface area contributed by atoms with E-state index in [1.807, 2.05) is 0 Å². The van der Waals surface area contributed by atoms with Crippen LogP contribution in [0.25, 0.3) is 165 Å². The van der Waals surface area contributed by atoms with E-state index < -0.39 is 0 Å². The molecule has 0 aliphatic carbocycles. The molecule has 0 bridgehead atoms. The third-order valence-corrected chi connectivity index (χ3v) is 18.8. The topological polar surface area (TPSA) is 19.7 Å². The lowest BCUT2D eigenvalue weighted by atomic mass is 10.0. The first kappa shape index (κ1) is 52.8. The number of nitrogens with zero attached hydrogens (tertiary/aromatic N) is 4. The summed E-state index contributed by atoms with van der Waals surface area (Å²) < 4.78 is 9.55. The van der Waals surface area contributed by atoms with Crippen LogP contribution in [0.4, 0.5) is 0 Å². The van der Waals surface area contributed by atoms with Crippen LogP contribution in [0, 0.1) is 0 Å². The van der Waals surface area contributed by atoms with Crippen molar-refractivity contribution in [1.29, 1.82) is 0 Å². The highest BCUT2D eigenvalue weighted by molar-refractivity contribution is 6.15. The van der Waals surface area contributed by atoms with Crippen molar-refractivity contribution < 1.29 is 0 Å². The van der Waals surface area contributed by atoms with Gasteiger partial charge in [-0.15, -0.1) is 0 Å². The van der Waals surface area contributed by atoms with Gasteiger partial charge in [0.2, 0.25) is 0 Å². The number of rotatable bonds is 8. The Morgan fingerprint density at radius 1 is 0.130 bits per heavy atom. The van der Waals surface area contributed by atoms with Gasteiger partial charge in [0.15, 0.2) is 0 Å². The van der Waals surface area contributed by atoms with Crippen LogP contribution < -0.4 is 0 Å². The molecule has 0 saturated carbocycles. The summed E-state index contributed by atoms with van der Waals surface area (Å²) in [6.45, 7) is 0. The molecular formula is C88H58N4. The standard InChI is InChI=1S/C48H32N2.C40H26N2/c1-3-11-33(12-4-1)35-19-25-39(26-20-35)49-45-17-9-7-15-41(45)43-31-37(23-29-47(43)49)38-24-30-48-44(32-38)42-16-8-10-18-46(42)50(48)40-27-21-36(22-28-40)34-13-5-2-6-14-34;1-2-12-31(13-3-1)41-37-16-8-6-14-33(37)35-25-29(19-22-39(35)41)30-20-23-40-36(26-30)34-15-7-9-17-38(34)42(40)32-21-18-27-10-4-5-11-28(27)24-32/h1-32H;1-26H. The molecule has 0 unspecified atom stereocenters. The van der Waals surface area contributed by atoms with E-state index >= 15 is 0 Å². The van der Waals surface area contributed by atoms with Gasteiger partial charge in [-0.05, 0) is 177 Å². The molecule has 92 heavy (non-hydrogen) atoms. The molecule has 15 aromatic carbocycles. The number of para-hydroxylation sites is 5. The lowest BCUT2D eigenvalue weighted by Gasteiger charge is -2.11. The quantitative estimate of drug-likeness (QED) is 0.144. The highest BCUT2D eigenvalue weighted by Gasteiger charge is 2.19. The molecule has 0 N–H and O–H groups in total. The molecule has 0 aliphatic heterocycles. The zero-order valence-electron chi connectivity index (χ0n) is 50.3. The number of aromatic nitrogens is 4. The molecule has 0 amide bonds. The Bertz CT molecular complexity index is 5830. The van der Waals surface area contributed by atoms with Gasteiger partial charge >= 0.3 is 0 Å². The largest absolute Gasteiger partial charge is 0.309 e. The Morgan fingerprint density at radius 2 is 0.380 bits per heavy atom. The predicted octanol–water partition coefficient (Wildman–Crippen LogP) is 23.6. The highest BCUT2D eigenvalue weighted by atomic mass is 15.0. The van der Waals surface area contributed by atoms with Crippen molar-refractivity contribution in [2.75, 3.05) is 0 Å². The first-order valence-corrected chi connectivity index (χ1v) is 31.6. The Balaban J connectivity index is 0.000000138. The molecule has 4 aromatic heterocycles. The van der Waals surface area contributed by atoms with Gasteiger partial charge in [-0.2, -0.15) is 0 Å². The van der Waals surface area contributed by atoms with Crippen LogP contribution in [0.1, 0.15) is 0 Å². The molecule has 4 heterocycles. The normalized spacial score (nSPS) is 11.7. The predicted molar refractivity (Wildman–Crippen MR) is 389 cm³/mol. The van der Waals surface area contributed by atoms with E-state index in [9.17, 15) is 0 Å². The highest BCUT2D eigenvalue weighted by Crippen LogP contribution is 2.42. The molecule has 19 rings (SSSR count). The molecule has 0 fully saturated rings. The Hall–Kier alpha value is -12.2. The van der Waals surface area contributed by atoms with Gasteiger partial charge in [-0.3, -0.25) is 0 Å². The Labute approximate surface area is 532 Å². The van der Waals surface area contributed by atoms with Gasteiger partial charge in [0, 0.05) is 65.8 Å². The minimum atomic E-state index is 1.16. The number of fused-ring (bicyclic) bond motifs is 13. The van der Waals surface area contributed by atoms with Crippen molar-refractivity contribution in [1.82, 2.24) is 18.3 Å². The summed E-state index contributed by atoms with van der Waals surface area (Å²) in [5, 5.41) is 12.6. The van der Waals surface area contributed by atoms with Crippen LogP contribution in [-0.4, -0.2) is 18.3 Å². The minimum absolute atomic E-state index is 1.16. The molecular weight excluding hydrogens is 1110 g/mol. The van der Waals surface area contributed by atoms with Gasteiger partial charge < -0.3 is 18.3 Å². The van der Waals surface area contributed by atoms with Gasteiger partial charge in [0.05, 0.1) is 44.1 Å². The number of hydrogen-bond acceptors (Lipinski definition) is 0. The summed E-state index contributed by atoms with van der Waals surface area (Å²) in [5.41, 5.74) is 24.2. The van der Waals surface area contributed by atoms with E-state index in [0.717, 1.165) is 11.4 Å². The van der Waals surface area contributed by atoms with Crippen LogP contribution in [0.5, 0.6) is 0 Å². The van der Waals surface area contributed by atoms with E-state index in [-0.39, 0.29) is 0 Å². The molecule has 4 nitrogen and oxygen atoms in total. The van der Waals surface area contributed by atoms with Crippen molar-refractivity contribution in [2.45, 2.75) is 0 Å². The number of benzene rings is 15. The summed E-state index contributed by atoms with van der Waals surface area (Å²) in [7, 11) is 0. The summed E-state index contributed by atoms with van der Waals surface area (Å²) >= 11 is 0. The zero-order chi connectivity index (χ0) is 60.6. The van der Waals surface area contributed by atoms with Gasteiger partial charge in [-0.1, -0.05) is 231 Å². The van der Waals surface area contributed by atoms with Gasteiger partial charge in [0.1, 0.15) is 0 Å². The average molecular weight is 1170 g/mol. The summed E-state index contributed by atoms with van der Waals surface area (Å²) in [6, 6.07) is 128. The van der Waals surface area contributed by atoms with Crippen molar-refractivity contribution in [2.24, 2.45) is 0 Å². The SMILES string of the molecule is c1ccc(-c2ccc(-n3c4ccccc4c4cc(-c5ccc6c(c5)c5ccccc5n6-c5ccc(-c6ccccc6)cc5)ccc43)cc2)cc1.c1ccc(-n2c3ccccc3c3cc(-c4ccc5c(c4)c4ccccc4n5-c4ccc5ccccc5c4)ccc32)cc1. The molecule has 0 radical (unpaired) electrons. The Morgan fingerprint density at radius 3 is 0.750 bits per heavy atom. The van der Waals surface area contributed by atoms with Crippen molar-refractivity contribution >= 4 is 98.0 Å². The lowest BCUT2D eigenvalue weighted by molar-refractivity contribution is 1.18. The van der Waals surface area contributed by atoms with Gasteiger partial charge in [0.25, 0.3) is 0 Å². The van der Waals surface area contributed by atoms with Crippen LogP contribution in [0.2, 0.25) is 0 Å². The van der Waals surface area contributed by atoms with Crippen LogP contribution in [0.3, 0.4) is 0 Å². The zero-order valence-corrected chi connectivity index (χ0v) is 50.3. The fraction of sp³-hybridized carbons (Fsp3) is 0. The fourth-order valence-electron chi connectivity index (χ4n) is 14.5. The maximum absolute atomic E-state index is 2.40. The van der Waals surface area contributed by atoms with Gasteiger partial charge in [-0.25, -0.2) is 0 Å². The second-order valence-electron chi connectivity index (χ2n) is 24.0. The van der Waals surface area contributed by atoms with Crippen LogP contribution in [0.15, 0.2) is 352 Å². The monoisotopic (exact) mass is 1170 g/mol. The molecule has 0 aliphatic rings. The van der Waals surface area contributed by atoms with Crippen molar-refractivity contribution in [3.63, 3.8) is 0 Å². The van der Waals surface area contributed by atoms with E-state index in [1.165, 1.54) is 154 Å². The third-order valence-electron chi connectivity index (χ3n) is 18.8. The smallest absolute Gasteiger partial charge is 0.0541 e. The summed E-state index contributed by atoms with van der Waals surface area (Å²) in [6.07, 6.45) is 0. The fourth-order valence-corrected chi connectivity index (χ4v) is 14.5. The van der Waals surface area contributed by atoms with Crippen LogP contribution >= 0.6 is 0 Å². The van der Waals surface area contributed by atoms with E-state index in [4.69, 9.17) is 0 Å². The second-order valence-corrected chi connectivity index (χ2v) is 24.0. The van der Waals surface area contributed by atoms with E-state index in [2.05, 4.69) is 370 Å². The molecule has 0 saturated heterocycles. The molecule has 0 spiro atoms. The maximum atomic E-state index is 2.40. The second kappa shape index (κ2) is 21.8. The lowest BCUT2D eigenvalue weighted by Crippen LogP contribution is -1.94. The molecule has 4 heteroatoms. The first-order chi connectivity index (χ1) is 45.6. The number of hydrogen-bond donors (Lipinski definition) is 0. The minimum Gasteiger partial charge on any atom is -0.309 e. The van der Waals surface area contributed by atoms with E-state index in [1.54, 1.807) is 0 Å². The first-order valence-electron chi connectivity index (χ1n) is 31.6.